The van der Waals surface area contributed by atoms with Crippen LogP contribution in [0.1, 0.15) is 29.5 Å². The van der Waals surface area contributed by atoms with Crippen LogP contribution in [0.3, 0.4) is 0 Å². The van der Waals surface area contributed by atoms with E-state index < -0.39 is 0 Å². The predicted octanol–water partition coefficient (Wildman–Crippen LogP) is 3.58. The van der Waals surface area contributed by atoms with Crippen molar-refractivity contribution in [3.05, 3.63) is 64.4 Å². The van der Waals surface area contributed by atoms with Gasteiger partial charge in [-0.25, -0.2) is 0 Å². The van der Waals surface area contributed by atoms with Crippen molar-refractivity contribution in [2.24, 2.45) is 0 Å². The molecule has 3 rings (SSSR count). The van der Waals surface area contributed by atoms with Gasteiger partial charge < -0.3 is 5.32 Å². The number of aromatic nitrogens is 1. The van der Waals surface area contributed by atoms with Gasteiger partial charge in [-0.1, -0.05) is 23.7 Å². The molecule has 0 saturated heterocycles. The van der Waals surface area contributed by atoms with Crippen molar-refractivity contribution >= 4 is 11.6 Å². The third-order valence-electron chi connectivity index (χ3n) is 3.43. The minimum atomic E-state index is 0.715. The third-order valence-corrected chi connectivity index (χ3v) is 3.79. The highest BCUT2D eigenvalue weighted by Gasteiger charge is 2.20. The van der Waals surface area contributed by atoms with E-state index in [-0.39, 0.29) is 0 Å². The number of nitrogens with zero attached hydrogens (tertiary/aromatic N) is 1. The summed E-state index contributed by atoms with van der Waals surface area (Å²) in [5, 5.41) is 4.35. The Bertz CT molecular complexity index is 550. The number of hydrogen-bond acceptors (Lipinski definition) is 2. The number of rotatable bonds is 5. The quantitative estimate of drug-likeness (QED) is 0.900. The van der Waals surface area contributed by atoms with E-state index >= 15 is 0 Å². The molecule has 19 heavy (non-hydrogen) atoms. The molecular weight excluding hydrogens is 256 g/mol. The van der Waals surface area contributed by atoms with Gasteiger partial charge in [0.2, 0.25) is 0 Å². The van der Waals surface area contributed by atoms with Gasteiger partial charge in [0, 0.05) is 30.0 Å². The lowest BCUT2D eigenvalue weighted by Crippen LogP contribution is -2.15. The molecule has 98 valence electrons. The van der Waals surface area contributed by atoms with E-state index in [0.29, 0.717) is 6.04 Å². The second kappa shape index (κ2) is 5.72. The molecule has 0 spiro atoms. The highest BCUT2D eigenvalue weighted by Crippen LogP contribution is 2.23. The topological polar surface area (TPSA) is 24.9 Å². The molecule has 0 atom stereocenters. The van der Waals surface area contributed by atoms with Gasteiger partial charge in [-0.3, -0.25) is 4.98 Å². The molecule has 3 heteroatoms. The standard InChI is InChI=1S/C16H17ClN2/c17-16-10-13(9-12-5-7-18-8-6-12)1-2-14(16)11-19-15-3-4-15/h1-2,5-8,10,15,19H,3-4,9,11H2. The van der Waals surface area contributed by atoms with Crippen molar-refractivity contribution in [1.82, 2.24) is 10.3 Å². The van der Waals surface area contributed by atoms with Crippen LogP contribution < -0.4 is 5.32 Å². The molecule has 1 aliphatic carbocycles. The van der Waals surface area contributed by atoms with Crippen LogP contribution in [0, 0.1) is 0 Å². The minimum Gasteiger partial charge on any atom is -0.310 e. The van der Waals surface area contributed by atoms with Crippen molar-refractivity contribution in [1.29, 1.82) is 0 Å². The summed E-state index contributed by atoms with van der Waals surface area (Å²) in [6.07, 6.45) is 7.16. The smallest absolute Gasteiger partial charge is 0.0453 e. The lowest BCUT2D eigenvalue weighted by molar-refractivity contribution is 0.688. The summed E-state index contributed by atoms with van der Waals surface area (Å²) in [6.45, 7) is 0.874. The summed E-state index contributed by atoms with van der Waals surface area (Å²) in [7, 11) is 0. The maximum Gasteiger partial charge on any atom is 0.0453 e. The predicted molar refractivity (Wildman–Crippen MR) is 78.4 cm³/mol. The first kappa shape index (κ1) is 12.6. The average molecular weight is 273 g/mol. The zero-order chi connectivity index (χ0) is 13.1. The number of nitrogens with one attached hydrogen (secondary N) is 1. The van der Waals surface area contributed by atoms with Crippen LogP contribution in [-0.4, -0.2) is 11.0 Å². The Kier molecular flexibility index (Phi) is 3.81. The first-order valence-corrected chi connectivity index (χ1v) is 7.08. The summed E-state index contributed by atoms with van der Waals surface area (Å²) < 4.78 is 0. The molecular formula is C16H17ClN2. The van der Waals surface area contributed by atoms with Crippen LogP contribution in [-0.2, 0) is 13.0 Å². The summed E-state index contributed by atoms with van der Waals surface area (Å²) in [5.41, 5.74) is 3.69. The lowest BCUT2D eigenvalue weighted by atomic mass is 10.0. The van der Waals surface area contributed by atoms with Crippen LogP contribution in [0.4, 0.5) is 0 Å². The first-order valence-electron chi connectivity index (χ1n) is 6.71. The van der Waals surface area contributed by atoms with Gasteiger partial charge >= 0.3 is 0 Å². The van der Waals surface area contributed by atoms with Crippen LogP contribution in [0.5, 0.6) is 0 Å². The number of halogens is 1. The van der Waals surface area contributed by atoms with E-state index in [4.69, 9.17) is 11.6 Å². The van der Waals surface area contributed by atoms with Gasteiger partial charge in [-0.05, 0) is 54.2 Å². The fourth-order valence-electron chi connectivity index (χ4n) is 2.12. The molecule has 2 aromatic rings. The zero-order valence-corrected chi connectivity index (χ0v) is 11.5. The zero-order valence-electron chi connectivity index (χ0n) is 10.8. The fraction of sp³-hybridized carbons (Fsp3) is 0.312. The maximum atomic E-state index is 6.35. The Labute approximate surface area is 118 Å². The molecule has 0 amide bonds. The Morgan fingerprint density at radius 1 is 1.11 bits per heavy atom. The van der Waals surface area contributed by atoms with E-state index in [1.165, 1.54) is 29.5 Å². The van der Waals surface area contributed by atoms with Gasteiger partial charge in [0.05, 0.1) is 0 Å². The Hall–Kier alpha value is -1.38. The molecule has 1 N–H and O–H groups in total. The van der Waals surface area contributed by atoms with Crippen LogP contribution in [0.2, 0.25) is 5.02 Å². The number of hydrogen-bond donors (Lipinski definition) is 1. The van der Waals surface area contributed by atoms with Gasteiger partial charge in [0.1, 0.15) is 0 Å². The van der Waals surface area contributed by atoms with Crippen molar-refractivity contribution in [3.8, 4) is 0 Å². The highest BCUT2D eigenvalue weighted by molar-refractivity contribution is 6.31. The van der Waals surface area contributed by atoms with Crippen LogP contribution in [0.15, 0.2) is 42.7 Å². The van der Waals surface area contributed by atoms with Crippen molar-refractivity contribution < 1.29 is 0 Å². The van der Waals surface area contributed by atoms with Gasteiger partial charge in [0.25, 0.3) is 0 Å². The second-order valence-corrected chi connectivity index (χ2v) is 5.52. The monoisotopic (exact) mass is 272 g/mol. The Morgan fingerprint density at radius 3 is 2.58 bits per heavy atom. The average Bonchev–Trinajstić information content (AvgIpc) is 3.23. The molecule has 1 aromatic carbocycles. The minimum absolute atomic E-state index is 0.715. The van der Waals surface area contributed by atoms with Gasteiger partial charge in [-0.15, -0.1) is 0 Å². The summed E-state index contributed by atoms with van der Waals surface area (Å²) in [6, 6.07) is 11.2. The molecule has 1 aliphatic rings. The van der Waals surface area contributed by atoms with Crippen molar-refractivity contribution in [2.45, 2.75) is 31.8 Å². The maximum absolute atomic E-state index is 6.35. The molecule has 0 bridgehead atoms. The van der Waals surface area contributed by atoms with Crippen molar-refractivity contribution in [2.75, 3.05) is 0 Å². The largest absolute Gasteiger partial charge is 0.310 e. The summed E-state index contributed by atoms with van der Waals surface area (Å²) in [5.74, 6) is 0. The van der Waals surface area contributed by atoms with E-state index in [1.54, 1.807) is 0 Å². The van der Waals surface area contributed by atoms with E-state index in [1.807, 2.05) is 24.5 Å². The SMILES string of the molecule is Clc1cc(Cc2ccncc2)ccc1CNC1CC1. The normalized spacial score (nSPS) is 14.6. The number of benzene rings is 1. The van der Waals surface area contributed by atoms with Crippen LogP contribution >= 0.6 is 11.6 Å². The molecule has 1 heterocycles. The van der Waals surface area contributed by atoms with Gasteiger partial charge in [0.15, 0.2) is 0 Å². The molecule has 0 radical (unpaired) electrons. The molecule has 0 unspecified atom stereocenters. The second-order valence-electron chi connectivity index (χ2n) is 5.11. The van der Waals surface area contributed by atoms with Gasteiger partial charge in [-0.2, -0.15) is 0 Å². The molecule has 1 saturated carbocycles. The van der Waals surface area contributed by atoms with E-state index in [0.717, 1.165) is 18.0 Å². The molecule has 0 aliphatic heterocycles. The van der Waals surface area contributed by atoms with Crippen LogP contribution in [0.25, 0.3) is 0 Å². The van der Waals surface area contributed by atoms with Crippen molar-refractivity contribution in [3.63, 3.8) is 0 Å². The number of pyridine rings is 1. The summed E-state index contributed by atoms with van der Waals surface area (Å²) >= 11 is 6.35. The Balaban J connectivity index is 1.67. The highest BCUT2D eigenvalue weighted by atomic mass is 35.5. The lowest BCUT2D eigenvalue weighted by Gasteiger charge is -2.08. The summed E-state index contributed by atoms with van der Waals surface area (Å²) in [4.78, 5) is 4.03. The molecule has 1 fully saturated rings. The molecule has 2 nitrogen and oxygen atoms in total. The van der Waals surface area contributed by atoms with E-state index in [2.05, 4.69) is 28.5 Å². The van der Waals surface area contributed by atoms with E-state index in [9.17, 15) is 0 Å². The Morgan fingerprint density at radius 2 is 1.89 bits per heavy atom. The third kappa shape index (κ3) is 3.55. The first-order chi connectivity index (χ1) is 9.31. The fourth-order valence-corrected chi connectivity index (χ4v) is 2.39. The molecule has 1 aromatic heterocycles.